The third kappa shape index (κ3) is 5.45. The number of aromatic nitrogens is 1. The van der Waals surface area contributed by atoms with E-state index >= 15 is 0 Å². The van der Waals surface area contributed by atoms with Crippen molar-refractivity contribution < 1.29 is 23.9 Å². The number of nitrogens with zero attached hydrogens (tertiary/aromatic N) is 1. The van der Waals surface area contributed by atoms with Gasteiger partial charge >= 0.3 is 7.60 Å². The number of Topliss-reactive ketones (excluding diaryl/α,β-unsaturated/α-hetero) is 1. The molecule has 2 aromatic carbocycles. The van der Waals surface area contributed by atoms with Gasteiger partial charge in [-0.25, -0.2) is 0 Å². The molecule has 1 aliphatic rings. The second-order valence-electron chi connectivity index (χ2n) is 8.36. The standard InChI is InChI=1S/C24H28NO5P/c1-17(26)14-22-21-15-20(30-12-5-13-31(27,28)29)10-11-23(21)25(24(22)19-8-9-19)16-18-6-3-2-4-7-18/h2-4,6-7,10-11,15,19H,5,8-9,12-14,16H2,1H3,(H2,27,28,29). The van der Waals surface area contributed by atoms with Crippen LogP contribution in [-0.2, 0) is 22.3 Å². The van der Waals surface area contributed by atoms with E-state index in [1.807, 2.05) is 36.4 Å². The molecule has 0 bridgehead atoms. The number of hydrogen-bond acceptors (Lipinski definition) is 3. The highest BCUT2D eigenvalue weighted by Gasteiger charge is 2.32. The third-order valence-electron chi connectivity index (χ3n) is 5.62. The summed E-state index contributed by atoms with van der Waals surface area (Å²) in [5, 5.41) is 1.03. The molecule has 0 saturated heterocycles. The largest absolute Gasteiger partial charge is 0.494 e. The maximum Gasteiger partial charge on any atom is 0.325 e. The van der Waals surface area contributed by atoms with Gasteiger partial charge in [0.1, 0.15) is 11.5 Å². The molecule has 1 aromatic heterocycles. The van der Waals surface area contributed by atoms with Crippen LogP contribution in [0, 0.1) is 0 Å². The van der Waals surface area contributed by atoms with Gasteiger partial charge in [-0.3, -0.25) is 9.36 Å². The van der Waals surface area contributed by atoms with E-state index in [1.54, 1.807) is 6.92 Å². The maximum absolute atomic E-state index is 12.1. The van der Waals surface area contributed by atoms with E-state index in [4.69, 9.17) is 14.5 Å². The summed E-state index contributed by atoms with van der Waals surface area (Å²) in [5.41, 5.74) is 4.65. The Morgan fingerprint density at radius 1 is 1.16 bits per heavy atom. The van der Waals surface area contributed by atoms with Crippen molar-refractivity contribution in [2.45, 2.75) is 45.1 Å². The fourth-order valence-electron chi connectivity index (χ4n) is 4.17. The highest BCUT2D eigenvalue weighted by molar-refractivity contribution is 7.51. The number of benzene rings is 2. The van der Waals surface area contributed by atoms with Crippen LogP contribution in [0.2, 0.25) is 0 Å². The zero-order valence-electron chi connectivity index (χ0n) is 17.7. The lowest BCUT2D eigenvalue weighted by Gasteiger charge is -2.12. The van der Waals surface area contributed by atoms with Gasteiger partial charge in [-0.2, -0.15) is 0 Å². The van der Waals surface area contributed by atoms with Gasteiger partial charge in [0, 0.05) is 29.6 Å². The smallest absolute Gasteiger partial charge is 0.325 e. The average Bonchev–Trinajstić information content (AvgIpc) is 3.51. The maximum atomic E-state index is 12.1. The van der Waals surface area contributed by atoms with Gasteiger partial charge in [-0.05, 0) is 61.4 Å². The Hall–Kier alpha value is -2.40. The first-order chi connectivity index (χ1) is 14.8. The van der Waals surface area contributed by atoms with Crippen LogP contribution in [0.25, 0.3) is 10.9 Å². The van der Waals surface area contributed by atoms with E-state index < -0.39 is 7.60 Å². The molecule has 31 heavy (non-hydrogen) atoms. The van der Waals surface area contributed by atoms with Crippen LogP contribution in [0.1, 0.15) is 48.9 Å². The molecular weight excluding hydrogens is 413 g/mol. The van der Waals surface area contributed by atoms with Crippen molar-refractivity contribution >= 4 is 24.3 Å². The van der Waals surface area contributed by atoms with Gasteiger partial charge in [-0.1, -0.05) is 30.3 Å². The minimum Gasteiger partial charge on any atom is -0.494 e. The average molecular weight is 441 g/mol. The third-order valence-corrected chi connectivity index (χ3v) is 6.52. The molecule has 1 heterocycles. The number of rotatable bonds is 10. The Bertz CT molecular complexity index is 1130. The topological polar surface area (TPSA) is 88.8 Å². The van der Waals surface area contributed by atoms with Crippen LogP contribution in [-0.4, -0.2) is 32.9 Å². The summed E-state index contributed by atoms with van der Waals surface area (Å²) < 4.78 is 19.1. The predicted octanol–water partition coefficient (Wildman–Crippen LogP) is 4.65. The first kappa shape index (κ1) is 21.8. The summed E-state index contributed by atoms with van der Waals surface area (Å²) in [6.45, 7) is 2.61. The lowest BCUT2D eigenvalue weighted by molar-refractivity contribution is -0.116. The SMILES string of the molecule is CC(=O)Cc1c(C2CC2)n(Cc2ccccc2)c2ccc(OCCCP(=O)(O)O)cc12. The van der Waals surface area contributed by atoms with Crippen molar-refractivity contribution in [3.8, 4) is 5.75 Å². The molecule has 4 rings (SSSR count). The van der Waals surface area contributed by atoms with Crippen molar-refractivity contribution in [1.82, 2.24) is 4.57 Å². The zero-order valence-corrected chi connectivity index (χ0v) is 18.6. The van der Waals surface area contributed by atoms with Crippen LogP contribution in [0.15, 0.2) is 48.5 Å². The number of ketones is 1. The van der Waals surface area contributed by atoms with E-state index in [1.165, 1.54) is 11.3 Å². The lowest BCUT2D eigenvalue weighted by Crippen LogP contribution is -2.06. The predicted molar refractivity (Wildman–Crippen MR) is 121 cm³/mol. The summed E-state index contributed by atoms with van der Waals surface area (Å²) >= 11 is 0. The van der Waals surface area contributed by atoms with E-state index in [-0.39, 0.29) is 25.0 Å². The van der Waals surface area contributed by atoms with Crippen molar-refractivity contribution in [2.24, 2.45) is 0 Å². The lowest BCUT2D eigenvalue weighted by atomic mass is 10.0. The number of carbonyl (C=O) groups is 1. The van der Waals surface area contributed by atoms with Crippen LogP contribution >= 0.6 is 7.60 Å². The van der Waals surface area contributed by atoms with Crippen molar-refractivity contribution in [2.75, 3.05) is 12.8 Å². The van der Waals surface area contributed by atoms with E-state index in [9.17, 15) is 9.36 Å². The molecular formula is C24H28NO5P. The Labute approximate surface area is 182 Å². The molecule has 0 aliphatic heterocycles. The molecule has 0 spiro atoms. The van der Waals surface area contributed by atoms with Crippen LogP contribution in [0.3, 0.4) is 0 Å². The van der Waals surface area contributed by atoms with Crippen molar-refractivity contribution in [1.29, 1.82) is 0 Å². The molecule has 6 nitrogen and oxygen atoms in total. The number of carbonyl (C=O) groups excluding carboxylic acids is 1. The second kappa shape index (κ2) is 8.99. The van der Waals surface area contributed by atoms with Gasteiger partial charge in [0.2, 0.25) is 0 Å². The summed E-state index contributed by atoms with van der Waals surface area (Å²) in [7, 11) is -4.01. The van der Waals surface area contributed by atoms with Crippen LogP contribution in [0.4, 0.5) is 0 Å². The van der Waals surface area contributed by atoms with Gasteiger partial charge in [0.05, 0.1) is 12.8 Å². The molecule has 1 saturated carbocycles. The van der Waals surface area contributed by atoms with Crippen LogP contribution < -0.4 is 4.74 Å². The number of hydrogen-bond donors (Lipinski definition) is 2. The van der Waals surface area contributed by atoms with Gasteiger partial charge in [0.25, 0.3) is 0 Å². The van der Waals surface area contributed by atoms with Gasteiger partial charge in [0.15, 0.2) is 0 Å². The molecule has 7 heteroatoms. The van der Waals surface area contributed by atoms with E-state index in [0.717, 1.165) is 35.9 Å². The molecule has 164 valence electrons. The first-order valence-corrected chi connectivity index (χ1v) is 12.5. The molecule has 0 radical (unpaired) electrons. The van der Waals surface area contributed by atoms with Crippen LogP contribution in [0.5, 0.6) is 5.75 Å². The summed E-state index contributed by atoms with van der Waals surface area (Å²) in [4.78, 5) is 30.1. The van der Waals surface area contributed by atoms with E-state index in [0.29, 0.717) is 18.1 Å². The molecule has 0 amide bonds. The minimum absolute atomic E-state index is 0.133. The molecule has 2 N–H and O–H groups in total. The number of fused-ring (bicyclic) bond motifs is 1. The highest BCUT2D eigenvalue weighted by atomic mass is 31.2. The fraction of sp³-hybridized carbons (Fsp3) is 0.375. The van der Waals surface area contributed by atoms with Gasteiger partial charge < -0.3 is 19.1 Å². The van der Waals surface area contributed by atoms with Crippen molar-refractivity contribution in [3.63, 3.8) is 0 Å². The monoisotopic (exact) mass is 441 g/mol. The molecule has 0 unspecified atom stereocenters. The van der Waals surface area contributed by atoms with E-state index in [2.05, 4.69) is 16.7 Å². The minimum atomic E-state index is -4.01. The Kier molecular flexibility index (Phi) is 6.33. The second-order valence-corrected chi connectivity index (χ2v) is 10.1. The molecule has 0 atom stereocenters. The normalized spacial score (nSPS) is 14.2. The fourth-order valence-corrected chi connectivity index (χ4v) is 4.71. The van der Waals surface area contributed by atoms with Crippen molar-refractivity contribution in [3.05, 3.63) is 65.4 Å². The van der Waals surface area contributed by atoms with Gasteiger partial charge in [-0.15, -0.1) is 0 Å². The molecule has 3 aromatic rings. The molecule has 1 aliphatic carbocycles. The zero-order chi connectivity index (χ0) is 22.0. The number of ether oxygens (including phenoxy) is 1. The Morgan fingerprint density at radius 3 is 2.55 bits per heavy atom. The summed E-state index contributed by atoms with van der Waals surface area (Å²) in [6.07, 6.45) is 2.77. The quantitative estimate of drug-likeness (QED) is 0.353. The highest BCUT2D eigenvalue weighted by Crippen LogP contribution is 2.46. The summed E-state index contributed by atoms with van der Waals surface area (Å²) in [5.74, 6) is 1.27. The molecule has 1 fully saturated rings. The first-order valence-electron chi connectivity index (χ1n) is 10.7. The Morgan fingerprint density at radius 2 is 1.90 bits per heavy atom. The Balaban J connectivity index is 1.70. The summed E-state index contributed by atoms with van der Waals surface area (Å²) in [6, 6.07) is 16.2.